The fourth-order valence-corrected chi connectivity index (χ4v) is 3.59. The molecule has 0 fully saturated rings. The van der Waals surface area contributed by atoms with E-state index in [4.69, 9.17) is 16.0 Å². The van der Waals surface area contributed by atoms with Gasteiger partial charge in [-0.05, 0) is 42.2 Å². The Morgan fingerprint density at radius 2 is 1.92 bits per heavy atom. The molecule has 1 aliphatic heterocycles. The number of rotatable bonds is 3. The fourth-order valence-electron chi connectivity index (χ4n) is 3.31. The summed E-state index contributed by atoms with van der Waals surface area (Å²) in [7, 11) is 0. The number of carbonyl (C=O) groups is 2. The maximum Gasteiger partial charge on any atom is 0.284 e. The molecule has 126 valence electrons. The summed E-state index contributed by atoms with van der Waals surface area (Å²) in [6.45, 7) is 3.93. The van der Waals surface area contributed by atoms with Crippen LogP contribution in [0.2, 0.25) is 5.02 Å². The van der Waals surface area contributed by atoms with Crippen molar-refractivity contribution in [1.29, 1.82) is 0 Å². The summed E-state index contributed by atoms with van der Waals surface area (Å²) in [6, 6.07) is 7.05. The largest absolute Gasteiger partial charge is 0.446 e. The summed E-state index contributed by atoms with van der Waals surface area (Å²) in [4.78, 5) is 31.4. The number of benzene rings is 1. The number of aryl methyl sites for hydroxylation is 1. The first-order valence-corrected chi connectivity index (χ1v) is 8.51. The summed E-state index contributed by atoms with van der Waals surface area (Å²) in [5.41, 5.74) is 3.04. The lowest BCUT2D eigenvalue weighted by molar-refractivity contribution is 0.0924. The first-order valence-electron chi connectivity index (χ1n) is 8.14. The van der Waals surface area contributed by atoms with Gasteiger partial charge in [0.15, 0.2) is 0 Å². The highest BCUT2D eigenvalue weighted by Gasteiger charge is 2.40. The van der Waals surface area contributed by atoms with E-state index in [-0.39, 0.29) is 11.6 Å². The second-order valence-electron chi connectivity index (χ2n) is 5.89. The van der Waals surface area contributed by atoms with Crippen LogP contribution in [-0.2, 0) is 12.8 Å². The summed E-state index contributed by atoms with van der Waals surface area (Å²) in [6.07, 6.45) is 2.79. The van der Waals surface area contributed by atoms with Crippen LogP contribution in [0.3, 0.4) is 0 Å². The SMILES string of the molecule is CCc1ccc(Cl)c(CC)c1N1C(=O)c2cc3ccoc3nc2C1=O. The monoisotopic (exact) mass is 354 g/mol. The van der Waals surface area contributed by atoms with E-state index in [2.05, 4.69) is 4.98 Å². The topological polar surface area (TPSA) is 63.4 Å². The van der Waals surface area contributed by atoms with Crippen LogP contribution in [0.25, 0.3) is 11.1 Å². The molecule has 0 saturated carbocycles. The van der Waals surface area contributed by atoms with E-state index in [1.807, 2.05) is 26.0 Å². The highest BCUT2D eigenvalue weighted by Crippen LogP contribution is 2.37. The number of amides is 2. The average molecular weight is 355 g/mol. The van der Waals surface area contributed by atoms with Crippen molar-refractivity contribution in [2.24, 2.45) is 0 Å². The maximum atomic E-state index is 13.0. The molecule has 4 rings (SSSR count). The van der Waals surface area contributed by atoms with E-state index in [1.54, 1.807) is 12.1 Å². The quantitative estimate of drug-likeness (QED) is 0.654. The van der Waals surface area contributed by atoms with Gasteiger partial charge < -0.3 is 4.42 Å². The fraction of sp³-hybridized carbons (Fsp3) is 0.211. The molecule has 3 heterocycles. The second kappa shape index (κ2) is 5.70. The molecule has 5 nitrogen and oxygen atoms in total. The van der Waals surface area contributed by atoms with Crippen LogP contribution in [0.4, 0.5) is 5.69 Å². The van der Waals surface area contributed by atoms with E-state index >= 15 is 0 Å². The van der Waals surface area contributed by atoms with Crippen LogP contribution in [0.1, 0.15) is 45.8 Å². The van der Waals surface area contributed by atoms with E-state index in [9.17, 15) is 9.59 Å². The van der Waals surface area contributed by atoms with Gasteiger partial charge in [0.05, 0.1) is 17.5 Å². The summed E-state index contributed by atoms with van der Waals surface area (Å²) in [5, 5.41) is 1.24. The number of fused-ring (bicyclic) bond motifs is 2. The molecule has 0 bridgehead atoms. The minimum absolute atomic E-state index is 0.122. The number of halogens is 1. The lowest BCUT2D eigenvalue weighted by Gasteiger charge is -2.22. The molecular weight excluding hydrogens is 340 g/mol. The summed E-state index contributed by atoms with van der Waals surface area (Å²) >= 11 is 6.33. The van der Waals surface area contributed by atoms with Gasteiger partial charge in [-0.15, -0.1) is 0 Å². The lowest BCUT2D eigenvalue weighted by Crippen LogP contribution is -2.31. The Bertz CT molecular complexity index is 989. The second-order valence-corrected chi connectivity index (χ2v) is 6.29. The molecular formula is C19H15ClN2O3. The number of carbonyl (C=O) groups excluding carboxylic acids is 2. The van der Waals surface area contributed by atoms with Crippen molar-refractivity contribution in [2.45, 2.75) is 26.7 Å². The lowest BCUT2D eigenvalue weighted by atomic mass is 10.0. The van der Waals surface area contributed by atoms with Gasteiger partial charge in [0, 0.05) is 10.4 Å². The van der Waals surface area contributed by atoms with Gasteiger partial charge in [0.2, 0.25) is 5.71 Å². The molecule has 0 aliphatic carbocycles. The highest BCUT2D eigenvalue weighted by molar-refractivity contribution is 6.36. The predicted molar refractivity (Wildman–Crippen MR) is 95.4 cm³/mol. The first kappa shape index (κ1) is 15.8. The molecule has 1 aromatic carbocycles. The highest BCUT2D eigenvalue weighted by atomic mass is 35.5. The van der Waals surface area contributed by atoms with Crippen molar-refractivity contribution >= 4 is 40.2 Å². The average Bonchev–Trinajstić information content (AvgIpc) is 3.16. The Morgan fingerprint density at radius 3 is 2.64 bits per heavy atom. The van der Waals surface area contributed by atoms with Crippen molar-refractivity contribution in [3.63, 3.8) is 0 Å². The van der Waals surface area contributed by atoms with Crippen LogP contribution in [0.15, 0.2) is 34.9 Å². The Balaban J connectivity index is 1.95. The standard InChI is InChI=1S/C19H15ClN2O3/c1-3-10-5-6-14(20)12(4-2)16(10)22-18(23)13-9-11-7-8-25-17(11)21-15(13)19(22)24/h5-9H,3-4H2,1-2H3. The minimum atomic E-state index is -0.440. The molecule has 0 spiro atoms. The van der Waals surface area contributed by atoms with Gasteiger partial charge in [-0.3, -0.25) is 9.59 Å². The zero-order chi connectivity index (χ0) is 17.7. The molecule has 0 N–H and O–H groups in total. The van der Waals surface area contributed by atoms with E-state index in [1.165, 1.54) is 11.2 Å². The zero-order valence-electron chi connectivity index (χ0n) is 13.8. The maximum absolute atomic E-state index is 13.0. The predicted octanol–water partition coefficient (Wildman–Crippen LogP) is 4.41. The number of anilines is 1. The van der Waals surface area contributed by atoms with Crippen LogP contribution < -0.4 is 4.90 Å². The van der Waals surface area contributed by atoms with Crippen LogP contribution >= 0.6 is 11.6 Å². The molecule has 2 amide bonds. The van der Waals surface area contributed by atoms with Crippen molar-refractivity contribution in [3.05, 3.63) is 57.9 Å². The Labute approximate surface area is 149 Å². The number of furan rings is 1. The van der Waals surface area contributed by atoms with Gasteiger partial charge in [-0.2, -0.15) is 0 Å². The van der Waals surface area contributed by atoms with Crippen LogP contribution in [0, 0.1) is 0 Å². The molecule has 25 heavy (non-hydrogen) atoms. The molecule has 1 aliphatic rings. The van der Waals surface area contributed by atoms with E-state index < -0.39 is 5.91 Å². The van der Waals surface area contributed by atoms with Gasteiger partial charge in [-0.25, -0.2) is 9.88 Å². The molecule has 0 atom stereocenters. The third-order valence-corrected chi connectivity index (χ3v) is 4.90. The van der Waals surface area contributed by atoms with Crippen LogP contribution in [-0.4, -0.2) is 16.8 Å². The summed E-state index contributed by atoms with van der Waals surface area (Å²) < 4.78 is 5.26. The number of aromatic nitrogens is 1. The smallest absolute Gasteiger partial charge is 0.284 e. The molecule has 3 aromatic rings. The Morgan fingerprint density at radius 1 is 1.12 bits per heavy atom. The molecule has 0 radical (unpaired) electrons. The normalized spacial score (nSPS) is 13.8. The minimum Gasteiger partial charge on any atom is -0.446 e. The Kier molecular flexibility index (Phi) is 3.62. The van der Waals surface area contributed by atoms with Crippen molar-refractivity contribution < 1.29 is 14.0 Å². The number of hydrogen-bond acceptors (Lipinski definition) is 4. The first-order chi connectivity index (χ1) is 12.1. The van der Waals surface area contributed by atoms with Crippen molar-refractivity contribution in [1.82, 2.24) is 4.98 Å². The van der Waals surface area contributed by atoms with Gasteiger partial charge in [-0.1, -0.05) is 31.5 Å². The number of imide groups is 1. The third-order valence-electron chi connectivity index (χ3n) is 4.55. The van der Waals surface area contributed by atoms with Gasteiger partial charge in [0.25, 0.3) is 11.8 Å². The molecule has 0 unspecified atom stereocenters. The number of pyridine rings is 1. The zero-order valence-corrected chi connectivity index (χ0v) is 14.6. The van der Waals surface area contributed by atoms with Gasteiger partial charge >= 0.3 is 0 Å². The van der Waals surface area contributed by atoms with E-state index in [0.717, 1.165) is 11.1 Å². The van der Waals surface area contributed by atoms with Crippen molar-refractivity contribution in [3.8, 4) is 0 Å². The van der Waals surface area contributed by atoms with Gasteiger partial charge in [0.1, 0.15) is 5.69 Å². The number of nitrogens with zero attached hydrogens (tertiary/aromatic N) is 2. The third kappa shape index (κ3) is 2.19. The molecule has 0 saturated heterocycles. The van der Waals surface area contributed by atoms with Crippen molar-refractivity contribution in [2.75, 3.05) is 4.90 Å². The summed E-state index contributed by atoms with van der Waals surface area (Å²) in [5.74, 6) is -0.813. The molecule has 2 aromatic heterocycles. The number of hydrogen-bond donors (Lipinski definition) is 0. The Hall–Kier alpha value is -2.66. The van der Waals surface area contributed by atoms with Crippen LogP contribution in [0.5, 0.6) is 0 Å². The van der Waals surface area contributed by atoms with E-state index in [0.29, 0.717) is 40.2 Å². The molecule has 6 heteroatoms.